The van der Waals surface area contributed by atoms with Crippen molar-refractivity contribution in [1.29, 1.82) is 0 Å². The summed E-state index contributed by atoms with van der Waals surface area (Å²) in [6.07, 6.45) is -2.51. The van der Waals surface area contributed by atoms with Crippen molar-refractivity contribution in [1.82, 2.24) is 0 Å². The van der Waals surface area contributed by atoms with Crippen molar-refractivity contribution in [2.24, 2.45) is 0 Å². The van der Waals surface area contributed by atoms with Gasteiger partial charge in [0.1, 0.15) is 15.6 Å². The Bertz CT molecular complexity index is 409. The molecule has 0 saturated heterocycles. The number of halogens is 2. The molecule has 1 aromatic rings. The zero-order valence-corrected chi connectivity index (χ0v) is 10.1. The number of methoxy groups -OCH3 is 2. The molecule has 0 amide bonds. The second-order valence-electron chi connectivity index (χ2n) is 2.97. The Morgan fingerprint density at radius 2 is 2.18 bits per heavy atom. The van der Waals surface area contributed by atoms with Gasteiger partial charge in [-0.1, -0.05) is 0 Å². The summed E-state index contributed by atoms with van der Waals surface area (Å²) in [5, 5.41) is 2.74. The number of hydrogen-bond acceptors (Lipinski definition) is 6. The number of nitrogen functional groups attached to an aromatic ring is 1. The average molecular weight is 266 g/mol. The van der Waals surface area contributed by atoms with Crippen LogP contribution in [0.15, 0.2) is 0 Å². The summed E-state index contributed by atoms with van der Waals surface area (Å²) in [5.41, 5.74) is 5.74. The van der Waals surface area contributed by atoms with Crippen LogP contribution in [0, 0.1) is 0 Å². The molecule has 0 fully saturated rings. The Morgan fingerprint density at radius 3 is 2.65 bits per heavy atom. The summed E-state index contributed by atoms with van der Waals surface area (Å²) in [6, 6.07) is 0. The van der Waals surface area contributed by atoms with Crippen LogP contribution >= 0.6 is 11.3 Å². The molecule has 8 heteroatoms. The Balaban J connectivity index is 3.00. The van der Waals surface area contributed by atoms with Crippen LogP contribution in [0.25, 0.3) is 0 Å². The Labute approximate surface area is 101 Å². The molecule has 3 N–H and O–H groups in total. The van der Waals surface area contributed by atoms with Crippen molar-refractivity contribution in [3.8, 4) is 5.75 Å². The summed E-state index contributed by atoms with van der Waals surface area (Å²) in [5.74, 6) is -0.452. The van der Waals surface area contributed by atoms with Gasteiger partial charge in [0.2, 0.25) is 0 Å². The lowest BCUT2D eigenvalue weighted by Crippen LogP contribution is -2.09. The van der Waals surface area contributed by atoms with E-state index in [-0.39, 0.29) is 21.3 Å². The molecule has 0 aromatic carbocycles. The van der Waals surface area contributed by atoms with Crippen molar-refractivity contribution >= 4 is 28.0 Å². The maximum Gasteiger partial charge on any atom is 0.350 e. The number of esters is 1. The van der Waals surface area contributed by atoms with Gasteiger partial charge in [-0.3, -0.25) is 0 Å². The molecule has 0 aliphatic carbocycles. The van der Waals surface area contributed by atoms with E-state index in [4.69, 9.17) is 10.5 Å². The SMILES string of the molecule is COC(=O)c1sc(NCC(F)F)c(OC)c1N. The smallest absolute Gasteiger partial charge is 0.350 e. The lowest BCUT2D eigenvalue weighted by Gasteiger charge is -2.05. The first-order valence-corrected chi connectivity index (χ1v) is 5.39. The fourth-order valence-electron chi connectivity index (χ4n) is 1.16. The predicted molar refractivity (Wildman–Crippen MR) is 61.1 cm³/mol. The van der Waals surface area contributed by atoms with Crippen LogP contribution in [0.2, 0.25) is 0 Å². The number of anilines is 2. The van der Waals surface area contributed by atoms with Gasteiger partial charge in [-0.25, -0.2) is 13.6 Å². The molecule has 0 atom stereocenters. The number of ether oxygens (including phenoxy) is 2. The highest BCUT2D eigenvalue weighted by atomic mass is 32.1. The van der Waals surface area contributed by atoms with E-state index in [1.165, 1.54) is 14.2 Å². The zero-order valence-electron chi connectivity index (χ0n) is 9.25. The molecule has 0 radical (unpaired) electrons. The number of carbonyl (C=O) groups is 1. The van der Waals surface area contributed by atoms with Crippen LogP contribution < -0.4 is 15.8 Å². The number of alkyl halides is 2. The van der Waals surface area contributed by atoms with E-state index < -0.39 is 18.9 Å². The first kappa shape index (κ1) is 13.5. The van der Waals surface area contributed by atoms with Crippen molar-refractivity contribution in [3.63, 3.8) is 0 Å². The van der Waals surface area contributed by atoms with Crippen molar-refractivity contribution < 1.29 is 23.0 Å². The van der Waals surface area contributed by atoms with E-state index in [9.17, 15) is 13.6 Å². The minimum Gasteiger partial charge on any atom is -0.492 e. The van der Waals surface area contributed by atoms with Gasteiger partial charge in [0.15, 0.2) is 5.75 Å². The van der Waals surface area contributed by atoms with Crippen molar-refractivity contribution in [3.05, 3.63) is 4.88 Å². The summed E-state index contributed by atoms with van der Waals surface area (Å²) in [7, 11) is 2.55. The van der Waals surface area contributed by atoms with Crippen molar-refractivity contribution in [2.75, 3.05) is 31.8 Å². The summed E-state index contributed by atoms with van der Waals surface area (Å²) in [4.78, 5) is 11.5. The van der Waals surface area contributed by atoms with Crippen LogP contribution in [0.5, 0.6) is 5.75 Å². The second-order valence-corrected chi connectivity index (χ2v) is 3.99. The van der Waals surface area contributed by atoms with Crippen LogP contribution in [0.3, 0.4) is 0 Å². The zero-order chi connectivity index (χ0) is 13.0. The normalized spacial score (nSPS) is 10.4. The molecular weight excluding hydrogens is 254 g/mol. The molecule has 0 aliphatic rings. The van der Waals surface area contributed by atoms with Crippen LogP contribution in [-0.2, 0) is 4.74 Å². The van der Waals surface area contributed by atoms with Crippen LogP contribution in [0.4, 0.5) is 19.5 Å². The molecule has 1 rings (SSSR count). The molecule has 1 heterocycles. The van der Waals surface area contributed by atoms with Crippen LogP contribution in [0.1, 0.15) is 9.67 Å². The lowest BCUT2D eigenvalue weighted by atomic mass is 10.3. The second kappa shape index (κ2) is 5.67. The minimum absolute atomic E-state index is 0.0844. The predicted octanol–water partition coefficient (Wildman–Crippen LogP) is 1.80. The van der Waals surface area contributed by atoms with Crippen LogP contribution in [-0.4, -0.2) is 33.2 Å². The number of carbonyl (C=O) groups excluding carboxylic acids is 1. The average Bonchev–Trinajstić information content (AvgIpc) is 2.62. The molecule has 1 aromatic heterocycles. The first-order valence-electron chi connectivity index (χ1n) is 4.57. The summed E-state index contributed by atoms with van der Waals surface area (Å²) < 4.78 is 33.6. The van der Waals surface area contributed by atoms with Gasteiger partial charge in [0.25, 0.3) is 6.43 Å². The van der Waals surface area contributed by atoms with Gasteiger partial charge in [0.05, 0.1) is 20.8 Å². The summed E-state index contributed by atoms with van der Waals surface area (Å²) >= 11 is 0.916. The number of thiophene rings is 1. The Hall–Kier alpha value is -1.57. The molecule has 96 valence electrons. The molecule has 5 nitrogen and oxygen atoms in total. The largest absolute Gasteiger partial charge is 0.492 e. The molecule has 0 unspecified atom stereocenters. The number of rotatable bonds is 5. The van der Waals surface area contributed by atoms with Gasteiger partial charge < -0.3 is 20.5 Å². The highest BCUT2D eigenvalue weighted by Crippen LogP contribution is 2.42. The van der Waals surface area contributed by atoms with E-state index in [2.05, 4.69) is 10.1 Å². The van der Waals surface area contributed by atoms with Gasteiger partial charge in [-0.15, -0.1) is 11.3 Å². The van der Waals surface area contributed by atoms with Gasteiger partial charge in [-0.2, -0.15) is 0 Å². The molecule has 17 heavy (non-hydrogen) atoms. The number of nitrogens with one attached hydrogen (secondary N) is 1. The molecular formula is C9H12F2N2O3S. The highest BCUT2D eigenvalue weighted by Gasteiger charge is 2.22. The fraction of sp³-hybridized carbons (Fsp3) is 0.444. The number of nitrogens with two attached hydrogens (primary N) is 1. The Morgan fingerprint density at radius 1 is 1.53 bits per heavy atom. The third kappa shape index (κ3) is 2.96. The monoisotopic (exact) mass is 266 g/mol. The van der Waals surface area contributed by atoms with Gasteiger partial charge in [0, 0.05) is 0 Å². The first-order chi connectivity index (χ1) is 8.01. The fourth-order valence-corrected chi connectivity index (χ4v) is 2.18. The van der Waals surface area contributed by atoms with E-state index >= 15 is 0 Å². The third-order valence-corrected chi connectivity index (χ3v) is 3.02. The highest BCUT2D eigenvalue weighted by molar-refractivity contribution is 7.19. The summed E-state index contributed by atoms with van der Waals surface area (Å²) in [6.45, 7) is -0.545. The molecule has 0 spiro atoms. The van der Waals surface area contributed by atoms with Gasteiger partial charge in [-0.05, 0) is 0 Å². The topological polar surface area (TPSA) is 73.6 Å². The molecule has 0 saturated carbocycles. The van der Waals surface area contributed by atoms with E-state index in [0.717, 1.165) is 11.3 Å². The maximum atomic E-state index is 12.1. The number of hydrogen-bond donors (Lipinski definition) is 2. The minimum atomic E-state index is -2.51. The quantitative estimate of drug-likeness (QED) is 0.795. The Kier molecular flexibility index (Phi) is 4.50. The maximum absolute atomic E-state index is 12.1. The third-order valence-electron chi connectivity index (χ3n) is 1.89. The van der Waals surface area contributed by atoms with Gasteiger partial charge >= 0.3 is 5.97 Å². The lowest BCUT2D eigenvalue weighted by molar-refractivity contribution is 0.0607. The molecule has 0 aliphatic heterocycles. The molecule has 0 bridgehead atoms. The standard InChI is InChI=1S/C9H12F2N2O3S/c1-15-6-5(12)7(9(14)16-2)17-8(6)13-3-4(10)11/h4,13H,3,12H2,1-2H3. The van der Waals surface area contributed by atoms with E-state index in [0.29, 0.717) is 0 Å². The van der Waals surface area contributed by atoms with E-state index in [1.807, 2.05) is 0 Å². The van der Waals surface area contributed by atoms with Crippen molar-refractivity contribution in [2.45, 2.75) is 6.43 Å². The van der Waals surface area contributed by atoms with E-state index in [1.54, 1.807) is 0 Å².